The van der Waals surface area contributed by atoms with Gasteiger partial charge in [0.05, 0.1) is 25.8 Å². The van der Waals surface area contributed by atoms with Crippen molar-refractivity contribution in [2.75, 3.05) is 41.4 Å². The SMILES string of the molecule is COc1cccc(C2C(=C(O)c3ccc(OC)c(F)c3)C(=O)C(=O)N2CCN(C)C)c1. The lowest BCUT2D eigenvalue weighted by Crippen LogP contribution is -2.35. The minimum absolute atomic E-state index is 0.00679. The quantitative estimate of drug-likeness (QED) is 0.415. The van der Waals surface area contributed by atoms with Crippen molar-refractivity contribution < 1.29 is 28.6 Å². The molecule has 1 atom stereocenters. The van der Waals surface area contributed by atoms with Gasteiger partial charge in [-0.15, -0.1) is 0 Å². The van der Waals surface area contributed by atoms with Crippen molar-refractivity contribution in [3.8, 4) is 11.5 Å². The molecule has 1 N–H and O–H groups in total. The van der Waals surface area contributed by atoms with Gasteiger partial charge in [0.15, 0.2) is 11.6 Å². The maximum Gasteiger partial charge on any atom is 0.295 e. The van der Waals surface area contributed by atoms with Gasteiger partial charge in [0.2, 0.25) is 0 Å². The molecular formula is C23H25FN2O5. The van der Waals surface area contributed by atoms with Gasteiger partial charge in [-0.3, -0.25) is 9.59 Å². The zero-order valence-electron chi connectivity index (χ0n) is 17.9. The molecule has 0 aromatic heterocycles. The highest BCUT2D eigenvalue weighted by molar-refractivity contribution is 6.46. The average Bonchev–Trinajstić information content (AvgIpc) is 3.01. The molecule has 2 aromatic rings. The Morgan fingerprint density at radius 1 is 1.13 bits per heavy atom. The van der Waals surface area contributed by atoms with Gasteiger partial charge in [-0.2, -0.15) is 0 Å². The van der Waals surface area contributed by atoms with Crippen LogP contribution in [-0.2, 0) is 9.59 Å². The topological polar surface area (TPSA) is 79.3 Å². The normalized spacial score (nSPS) is 18.0. The Bertz CT molecular complexity index is 1030. The van der Waals surface area contributed by atoms with Crippen LogP contribution in [0.15, 0.2) is 48.0 Å². The highest BCUT2D eigenvalue weighted by Gasteiger charge is 2.46. The Morgan fingerprint density at radius 3 is 2.48 bits per heavy atom. The lowest BCUT2D eigenvalue weighted by atomic mass is 9.95. The van der Waals surface area contributed by atoms with E-state index in [4.69, 9.17) is 9.47 Å². The predicted octanol–water partition coefficient (Wildman–Crippen LogP) is 2.83. The second kappa shape index (κ2) is 9.18. The zero-order chi connectivity index (χ0) is 22.7. The number of benzene rings is 2. The molecule has 1 amide bonds. The zero-order valence-corrected chi connectivity index (χ0v) is 17.9. The van der Waals surface area contributed by atoms with E-state index in [2.05, 4.69) is 0 Å². The number of aliphatic hydroxyl groups excluding tert-OH is 1. The second-order valence-corrected chi connectivity index (χ2v) is 7.42. The van der Waals surface area contributed by atoms with Crippen molar-refractivity contribution in [1.29, 1.82) is 0 Å². The molecule has 3 rings (SSSR count). The second-order valence-electron chi connectivity index (χ2n) is 7.42. The van der Waals surface area contributed by atoms with E-state index in [0.29, 0.717) is 17.9 Å². The van der Waals surface area contributed by atoms with Crippen LogP contribution in [0, 0.1) is 5.82 Å². The van der Waals surface area contributed by atoms with Crippen molar-refractivity contribution in [2.45, 2.75) is 6.04 Å². The molecule has 0 aliphatic carbocycles. The molecule has 1 heterocycles. The standard InChI is InChI=1S/C23H25FN2O5/c1-25(2)10-11-26-20(14-6-5-7-16(12-14)30-3)19(22(28)23(26)29)21(27)15-8-9-18(31-4)17(24)13-15/h5-9,12-13,20,27H,10-11H2,1-4H3. The summed E-state index contributed by atoms with van der Waals surface area (Å²) in [6.07, 6.45) is 0. The summed E-state index contributed by atoms with van der Waals surface area (Å²) < 4.78 is 24.4. The number of hydrogen-bond donors (Lipinski definition) is 1. The van der Waals surface area contributed by atoms with Gasteiger partial charge >= 0.3 is 0 Å². The van der Waals surface area contributed by atoms with E-state index >= 15 is 0 Å². The molecule has 1 fully saturated rings. The van der Waals surface area contributed by atoms with Crippen molar-refractivity contribution in [3.63, 3.8) is 0 Å². The largest absolute Gasteiger partial charge is 0.507 e. The van der Waals surface area contributed by atoms with Gasteiger partial charge in [-0.25, -0.2) is 4.39 Å². The minimum Gasteiger partial charge on any atom is -0.507 e. The maximum atomic E-state index is 14.2. The molecule has 0 bridgehead atoms. The molecular weight excluding hydrogens is 403 g/mol. The summed E-state index contributed by atoms with van der Waals surface area (Å²) in [5.74, 6) is -2.12. The van der Waals surface area contributed by atoms with E-state index < -0.39 is 29.3 Å². The average molecular weight is 428 g/mol. The van der Waals surface area contributed by atoms with Crippen molar-refractivity contribution in [3.05, 3.63) is 65.0 Å². The number of ketones is 1. The first-order chi connectivity index (χ1) is 14.8. The number of carbonyl (C=O) groups is 2. The summed E-state index contributed by atoms with van der Waals surface area (Å²) in [5, 5.41) is 11.0. The van der Waals surface area contributed by atoms with E-state index in [1.807, 2.05) is 19.0 Å². The summed E-state index contributed by atoms with van der Waals surface area (Å²) in [6, 6.07) is 9.98. The van der Waals surface area contributed by atoms with Crippen LogP contribution < -0.4 is 9.47 Å². The van der Waals surface area contributed by atoms with Crippen LogP contribution in [0.4, 0.5) is 4.39 Å². The monoisotopic (exact) mass is 428 g/mol. The van der Waals surface area contributed by atoms with Crippen LogP contribution >= 0.6 is 0 Å². The van der Waals surface area contributed by atoms with Crippen LogP contribution in [0.25, 0.3) is 5.76 Å². The molecule has 0 spiro atoms. The Balaban J connectivity index is 2.17. The predicted molar refractivity (Wildman–Crippen MR) is 114 cm³/mol. The molecule has 0 radical (unpaired) electrons. The molecule has 164 valence electrons. The summed E-state index contributed by atoms with van der Waals surface area (Å²) in [4.78, 5) is 29.1. The Labute approximate surface area is 180 Å². The highest BCUT2D eigenvalue weighted by Crippen LogP contribution is 2.40. The van der Waals surface area contributed by atoms with Crippen molar-refractivity contribution >= 4 is 17.4 Å². The number of likely N-dealkylation sites (tertiary alicyclic amines) is 1. The molecule has 1 saturated heterocycles. The minimum atomic E-state index is -0.833. The fourth-order valence-electron chi connectivity index (χ4n) is 3.55. The number of rotatable bonds is 7. The van der Waals surface area contributed by atoms with Crippen molar-refractivity contribution in [1.82, 2.24) is 9.80 Å². The molecule has 7 nitrogen and oxygen atoms in total. The molecule has 8 heteroatoms. The van der Waals surface area contributed by atoms with Gasteiger partial charge in [-0.1, -0.05) is 12.1 Å². The number of carbonyl (C=O) groups excluding carboxylic acids is 2. The number of hydrogen-bond acceptors (Lipinski definition) is 6. The van der Waals surface area contributed by atoms with E-state index in [1.54, 1.807) is 24.3 Å². The number of ether oxygens (including phenoxy) is 2. The van der Waals surface area contributed by atoms with Gasteiger partial charge in [-0.05, 0) is 50.0 Å². The lowest BCUT2D eigenvalue weighted by molar-refractivity contribution is -0.140. The first-order valence-electron chi connectivity index (χ1n) is 9.69. The smallest absolute Gasteiger partial charge is 0.295 e. The van der Waals surface area contributed by atoms with Gasteiger partial charge in [0.25, 0.3) is 11.7 Å². The Hall–Kier alpha value is -3.39. The molecule has 1 aliphatic rings. The van der Waals surface area contributed by atoms with Crippen LogP contribution in [0.3, 0.4) is 0 Å². The Kier molecular flexibility index (Phi) is 6.60. The van der Waals surface area contributed by atoms with E-state index in [1.165, 1.54) is 31.3 Å². The van der Waals surface area contributed by atoms with Crippen LogP contribution in [0.5, 0.6) is 11.5 Å². The van der Waals surface area contributed by atoms with Gasteiger partial charge in [0.1, 0.15) is 11.5 Å². The third kappa shape index (κ3) is 4.39. The highest BCUT2D eigenvalue weighted by atomic mass is 19.1. The molecule has 0 saturated carbocycles. The van der Waals surface area contributed by atoms with Gasteiger partial charge < -0.3 is 24.4 Å². The van der Waals surface area contributed by atoms with Crippen LogP contribution in [0.2, 0.25) is 0 Å². The van der Waals surface area contributed by atoms with Gasteiger partial charge in [0, 0.05) is 18.7 Å². The molecule has 1 unspecified atom stereocenters. The number of aliphatic hydroxyl groups is 1. The molecule has 31 heavy (non-hydrogen) atoms. The summed E-state index contributed by atoms with van der Waals surface area (Å²) in [5.41, 5.74) is 0.589. The number of methoxy groups -OCH3 is 2. The summed E-state index contributed by atoms with van der Waals surface area (Å²) in [7, 11) is 6.56. The summed E-state index contributed by atoms with van der Waals surface area (Å²) >= 11 is 0. The van der Waals surface area contributed by atoms with Crippen molar-refractivity contribution in [2.24, 2.45) is 0 Å². The first kappa shape index (κ1) is 22.3. The number of likely N-dealkylation sites (N-methyl/N-ethyl adjacent to an activating group) is 1. The van der Waals surface area contributed by atoms with Crippen LogP contribution in [0.1, 0.15) is 17.2 Å². The van der Waals surface area contributed by atoms with Crippen LogP contribution in [-0.4, -0.2) is 68.0 Å². The fraction of sp³-hybridized carbons (Fsp3) is 0.304. The molecule has 2 aromatic carbocycles. The number of amides is 1. The third-order valence-electron chi connectivity index (χ3n) is 5.16. The maximum absolute atomic E-state index is 14.2. The van der Waals surface area contributed by atoms with E-state index in [-0.39, 0.29) is 23.4 Å². The third-order valence-corrected chi connectivity index (χ3v) is 5.16. The number of nitrogens with zero attached hydrogens (tertiary/aromatic N) is 2. The van der Waals surface area contributed by atoms with E-state index in [9.17, 15) is 19.1 Å². The fourth-order valence-corrected chi connectivity index (χ4v) is 3.55. The number of halogens is 1. The Morgan fingerprint density at radius 2 is 1.87 bits per heavy atom. The first-order valence-corrected chi connectivity index (χ1v) is 9.69. The summed E-state index contributed by atoms with van der Waals surface area (Å²) in [6.45, 7) is 0.790. The molecule has 1 aliphatic heterocycles. The van der Waals surface area contributed by atoms with E-state index in [0.717, 1.165) is 6.07 Å². The lowest BCUT2D eigenvalue weighted by Gasteiger charge is -2.26. The number of Topliss-reactive ketones (excluding diaryl/α,β-unsaturated/α-hetero) is 1.